The molecule has 182 valence electrons. The molecule has 8 heteroatoms. The predicted octanol–water partition coefficient (Wildman–Crippen LogP) is 3.82. The number of ether oxygens (including phenoxy) is 1. The van der Waals surface area contributed by atoms with Crippen molar-refractivity contribution in [1.29, 1.82) is 0 Å². The quantitative estimate of drug-likeness (QED) is 0.483. The smallest absolute Gasteiger partial charge is 0.227 e. The van der Waals surface area contributed by atoms with Gasteiger partial charge in [-0.1, -0.05) is 24.3 Å². The van der Waals surface area contributed by atoms with Crippen molar-refractivity contribution in [2.45, 2.75) is 26.7 Å². The van der Waals surface area contributed by atoms with Crippen molar-refractivity contribution in [3.8, 4) is 17.0 Å². The van der Waals surface area contributed by atoms with Crippen molar-refractivity contribution in [3.63, 3.8) is 0 Å². The summed E-state index contributed by atoms with van der Waals surface area (Å²) in [6, 6.07) is 19.4. The largest absolute Gasteiger partial charge is 0.492 e. The van der Waals surface area contributed by atoms with Gasteiger partial charge in [-0.15, -0.1) is 10.2 Å². The number of rotatable bonds is 8. The topological polar surface area (TPSA) is 96.5 Å². The third-order valence-corrected chi connectivity index (χ3v) is 6.13. The lowest BCUT2D eigenvalue weighted by atomic mass is 9.95. The first-order chi connectivity index (χ1) is 17.0. The van der Waals surface area contributed by atoms with Crippen LogP contribution in [-0.4, -0.2) is 48.3 Å². The molecule has 0 bridgehead atoms. The Morgan fingerprint density at radius 2 is 1.74 bits per heavy atom. The molecule has 1 saturated heterocycles. The summed E-state index contributed by atoms with van der Waals surface area (Å²) in [6.45, 7) is 5.91. The second-order valence-electron chi connectivity index (χ2n) is 8.70. The summed E-state index contributed by atoms with van der Waals surface area (Å²) in [6.07, 6.45) is 1.52. The van der Waals surface area contributed by atoms with Crippen molar-refractivity contribution >= 4 is 23.3 Å². The maximum absolute atomic E-state index is 12.8. The number of nitrogens with one attached hydrogen (secondary N) is 2. The molecule has 0 aliphatic carbocycles. The number of aromatic nitrogens is 2. The van der Waals surface area contributed by atoms with E-state index in [1.165, 1.54) is 12.5 Å². The van der Waals surface area contributed by atoms with E-state index in [1.54, 1.807) is 0 Å². The van der Waals surface area contributed by atoms with Crippen molar-refractivity contribution in [2.75, 3.05) is 36.5 Å². The van der Waals surface area contributed by atoms with Gasteiger partial charge in [0.05, 0.1) is 12.2 Å². The molecule has 2 heterocycles. The fourth-order valence-electron chi connectivity index (χ4n) is 4.14. The minimum Gasteiger partial charge on any atom is -0.492 e. The summed E-state index contributed by atoms with van der Waals surface area (Å²) in [5.41, 5.74) is 3.87. The number of amides is 2. The van der Waals surface area contributed by atoms with Crippen LogP contribution >= 0.6 is 0 Å². The van der Waals surface area contributed by atoms with E-state index in [1.807, 2.05) is 48.5 Å². The molecule has 3 aromatic rings. The average Bonchev–Trinajstić information content (AvgIpc) is 2.88. The van der Waals surface area contributed by atoms with E-state index in [0.717, 1.165) is 48.7 Å². The first-order valence-electron chi connectivity index (χ1n) is 11.9. The van der Waals surface area contributed by atoms with Gasteiger partial charge in [0.25, 0.3) is 0 Å². The van der Waals surface area contributed by atoms with E-state index in [-0.39, 0.29) is 17.7 Å². The van der Waals surface area contributed by atoms with E-state index in [9.17, 15) is 9.59 Å². The summed E-state index contributed by atoms with van der Waals surface area (Å²) in [5.74, 6) is 1.44. The van der Waals surface area contributed by atoms with Gasteiger partial charge < -0.3 is 20.3 Å². The minimum absolute atomic E-state index is 0.0324. The predicted molar refractivity (Wildman–Crippen MR) is 136 cm³/mol. The molecule has 1 aromatic heterocycles. The summed E-state index contributed by atoms with van der Waals surface area (Å²) < 4.78 is 5.58. The summed E-state index contributed by atoms with van der Waals surface area (Å²) in [5, 5.41) is 14.6. The number of aryl methyl sites for hydroxylation is 1. The molecule has 8 nitrogen and oxygen atoms in total. The van der Waals surface area contributed by atoms with Crippen LogP contribution in [0.1, 0.15) is 25.3 Å². The van der Waals surface area contributed by atoms with Gasteiger partial charge in [-0.3, -0.25) is 9.59 Å². The second-order valence-corrected chi connectivity index (χ2v) is 8.70. The monoisotopic (exact) mass is 473 g/mol. The molecular formula is C27H31N5O3. The average molecular weight is 474 g/mol. The first-order valence-corrected chi connectivity index (χ1v) is 11.9. The Morgan fingerprint density at radius 1 is 1.00 bits per heavy atom. The maximum Gasteiger partial charge on any atom is 0.227 e. The van der Waals surface area contributed by atoms with Crippen molar-refractivity contribution < 1.29 is 14.3 Å². The van der Waals surface area contributed by atoms with Gasteiger partial charge in [-0.2, -0.15) is 0 Å². The molecule has 0 atom stereocenters. The zero-order valence-electron chi connectivity index (χ0n) is 20.2. The number of carbonyl (C=O) groups excluding carboxylic acids is 2. The maximum atomic E-state index is 12.8. The first kappa shape index (κ1) is 24.2. The fraction of sp³-hybridized carbons (Fsp3) is 0.333. The highest BCUT2D eigenvalue weighted by Gasteiger charge is 2.26. The Kier molecular flexibility index (Phi) is 7.92. The van der Waals surface area contributed by atoms with E-state index in [2.05, 4.69) is 44.8 Å². The minimum atomic E-state index is -0.0820. The van der Waals surface area contributed by atoms with E-state index >= 15 is 0 Å². The van der Waals surface area contributed by atoms with Crippen LogP contribution in [0, 0.1) is 12.8 Å². The summed E-state index contributed by atoms with van der Waals surface area (Å²) in [7, 11) is 0. The molecule has 0 unspecified atom stereocenters. The van der Waals surface area contributed by atoms with Gasteiger partial charge in [0.15, 0.2) is 5.82 Å². The van der Waals surface area contributed by atoms with Gasteiger partial charge in [0.1, 0.15) is 12.4 Å². The molecule has 0 radical (unpaired) electrons. The van der Waals surface area contributed by atoms with Crippen LogP contribution in [-0.2, 0) is 9.59 Å². The summed E-state index contributed by atoms with van der Waals surface area (Å²) >= 11 is 0. The molecule has 2 aromatic carbocycles. The lowest BCUT2D eigenvalue weighted by Gasteiger charge is -2.31. The van der Waals surface area contributed by atoms with Gasteiger partial charge in [-0.05, 0) is 61.7 Å². The Bertz CT molecular complexity index is 1140. The third-order valence-electron chi connectivity index (χ3n) is 6.13. The van der Waals surface area contributed by atoms with Crippen LogP contribution in [0.15, 0.2) is 60.7 Å². The number of hydrogen-bond acceptors (Lipinski definition) is 6. The number of benzene rings is 2. The molecular weight excluding hydrogens is 442 g/mol. The number of piperidine rings is 1. The fourth-order valence-corrected chi connectivity index (χ4v) is 4.14. The van der Waals surface area contributed by atoms with Gasteiger partial charge in [0, 0.05) is 37.2 Å². The van der Waals surface area contributed by atoms with Crippen molar-refractivity contribution in [2.24, 2.45) is 5.92 Å². The van der Waals surface area contributed by atoms with Crippen molar-refractivity contribution in [1.82, 2.24) is 15.5 Å². The Morgan fingerprint density at radius 3 is 2.40 bits per heavy atom. The lowest BCUT2D eigenvalue weighted by molar-refractivity contribution is -0.120. The number of carbonyl (C=O) groups is 2. The Balaban J connectivity index is 1.24. The van der Waals surface area contributed by atoms with Crippen LogP contribution in [0.4, 0.5) is 11.5 Å². The Hall–Kier alpha value is -3.94. The summed E-state index contributed by atoms with van der Waals surface area (Å²) in [4.78, 5) is 25.8. The number of anilines is 2. The standard InChI is InChI=1S/C27H31N5O3/c1-19-5-3-4-6-24(19)25-11-12-26(31-30-25)32-16-13-21(14-17-32)27(34)29-22-7-9-23(10-8-22)35-18-15-28-20(2)33/h3-12,21H,13-18H2,1-2H3,(H,28,33)(H,29,34). The molecule has 0 spiro atoms. The zero-order valence-corrected chi connectivity index (χ0v) is 20.2. The SMILES string of the molecule is CC(=O)NCCOc1ccc(NC(=O)C2CCN(c3ccc(-c4ccccc4C)nn3)CC2)cc1. The number of hydrogen-bond donors (Lipinski definition) is 2. The van der Waals surface area contributed by atoms with Crippen LogP contribution in [0.25, 0.3) is 11.3 Å². The normalized spacial score (nSPS) is 13.8. The zero-order chi connectivity index (χ0) is 24.6. The van der Waals surface area contributed by atoms with E-state index in [4.69, 9.17) is 4.74 Å². The van der Waals surface area contributed by atoms with Crippen LogP contribution in [0.2, 0.25) is 0 Å². The molecule has 1 fully saturated rings. The highest BCUT2D eigenvalue weighted by atomic mass is 16.5. The number of nitrogens with zero attached hydrogens (tertiary/aromatic N) is 3. The van der Waals surface area contributed by atoms with Crippen molar-refractivity contribution in [3.05, 3.63) is 66.2 Å². The van der Waals surface area contributed by atoms with E-state index < -0.39 is 0 Å². The molecule has 0 saturated carbocycles. The van der Waals surface area contributed by atoms with Gasteiger partial charge in [-0.25, -0.2) is 0 Å². The molecule has 4 rings (SSSR count). The molecule has 2 N–H and O–H groups in total. The van der Waals surface area contributed by atoms with Crippen LogP contribution in [0.5, 0.6) is 5.75 Å². The second kappa shape index (κ2) is 11.5. The molecule has 1 aliphatic rings. The molecule has 2 amide bonds. The van der Waals surface area contributed by atoms with E-state index in [0.29, 0.717) is 18.9 Å². The van der Waals surface area contributed by atoms with Crippen LogP contribution in [0.3, 0.4) is 0 Å². The third kappa shape index (κ3) is 6.56. The lowest BCUT2D eigenvalue weighted by Crippen LogP contribution is -2.38. The van der Waals surface area contributed by atoms with Gasteiger partial charge in [0.2, 0.25) is 11.8 Å². The molecule has 1 aliphatic heterocycles. The Labute approximate surface area is 205 Å². The highest BCUT2D eigenvalue weighted by molar-refractivity contribution is 5.92. The molecule has 35 heavy (non-hydrogen) atoms. The van der Waals surface area contributed by atoms with Gasteiger partial charge >= 0.3 is 0 Å². The highest BCUT2D eigenvalue weighted by Crippen LogP contribution is 2.26. The van der Waals surface area contributed by atoms with Crippen LogP contribution < -0.4 is 20.3 Å².